The van der Waals surface area contributed by atoms with Gasteiger partial charge in [0.15, 0.2) is 0 Å². The van der Waals surface area contributed by atoms with Crippen LogP contribution in [0.1, 0.15) is 19.8 Å². The number of ether oxygens (including phenoxy) is 1. The Kier molecular flexibility index (Phi) is 4.09. The van der Waals surface area contributed by atoms with E-state index in [1.54, 1.807) is 0 Å². The molecule has 0 unspecified atom stereocenters. The zero-order valence-electron chi connectivity index (χ0n) is 9.19. The molecule has 0 spiro atoms. The Bertz CT molecular complexity index is 282. The van der Waals surface area contributed by atoms with Gasteiger partial charge in [-0.2, -0.15) is 0 Å². The van der Waals surface area contributed by atoms with E-state index in [-0.39, 0.29) is 0 Å². The number of hydrogen-bond acceptors (Lipinski definition) is 2. The molecule has 1 aromatic carbocycles. The first-order chi connectivity index (χ1) is 7.34. The van der Waals surface area contributed by atoms with Crippen molar-refractivity contribution in [2.45, 2.75) is 30.8 Å². The van der Waals surface area contributed by atoms with Crippen molar-refractivity contribution in [2.75, 3.05) is 12.4 Å². The molecule has 1 heterocycles. The highest BCUT2D eigenvalue weighted by Gasteiger charge is 2.24. The summed E-state index contributed by atoms with van der Waals surface area (Å²) in [5.74, 6) is 2.02. The van der Waals surface area contributed by atoms with Gasteiger partial charge in [0.2, 0.25) is 0 Å². The maximum absolute atomic E-state index is 5.24. The summed E-state index contributed by atoms with van der Waals surface area (Å²) in [6.07, 6.45) is 3.12. The lowest BCUT2D eigenvalue weighted by Crippen LogP contribution is -2.00. The first-order valence-corrected chi connectivity index (χ1v) is 6.62. The maximum atomic E-state index is 5.24. The topological polar surface area (TPSA) is 12.5 Å². The molecule has 0 aliphatic carbocycles. The smallest absolute Gasteiger partial charge is 0.0812 e. The van der Waals surface area contributed by atoms with Crippen LogP contribution in [0, 0.1) is 5.92 Å². The van der Waals surface area contributed by atoms with E-state index in [0.29, 0.717) is 6.10 Å². The number of rotatable bonds is 6. The van der Waals surface area contributed by atoms with Gasteiger partial charge in [0.25, 0.3) is 0 Å². The van der Waals surface area contributed by atoms with E-state index in [9.17, 15) is 0 Å². The summed E-state index contributed by atoms with van der Waals surface area (Å²) in [7, 11) is 0. The van der Waals surface area contributed by atoms with Crippen LogP contribution in [-0.2, 0) is 4.74 Å². The Morgan fingerprint density at radius 3 is 2.80 bits per heavy atom. The molecule has 2 heteroatoms. The van der Waals surface area contributed by atoms with Crippen molar-refractivity contribution in [2.24, 2.45) is 5.92 Å². The van der Waals surface area contributed by atoms with Gasteiger partial charge in [-0.15, -0.1) is 11.8 Å². The van der Waals surface area contributed by atoms with E-state index >= 15 is 0 Å². The lowest BCUT2D eigenvalue weighted by molar-refractivity contribution is 0.359. The second kappa shape index (κ2) is 5.57. The summed E-state index contributed by atoms with van der Waals surface area (Å²) in [4.78, 5) is 1.38. The van der Waals surface area contributed by atoms with Crippen LogP contribution < -0.4 is 0 Å². The number of epoxide rings is 1. The minimum Gasteiger partial charge on any atom is -0.373 e. The predicted molar refractivity (Wildman–Crippen MR) is 65.3 cm³/mol. The first-order valence-electron chi connectivity index (χ1n) is 5.64. The van der Waals surface area contributed by atoms with Gasteiger partial charge in [-0.25, -0.2) is 0 Å². The van der Waals surface area contributed by atoms with Crippen LogP contribution in [-0.4, -0.2) is 18.5 Å². The summed E-state index contributed by atoms with van der Waals surface area (Å²) >= 11 is 1.96. The third-order valence-corrected chi connectivity index (χ3v) is 3.74. The molecule has 2 rings (SSSR count). The van der Waals surface area contributed by atoms with Crippen LogP contribution in [0.15, 0.2) is 35.2 Å². The highest BCUT2D eigenvalue weighted by molar-refractivity contribution is 7.99. The molecule has 0 radical (unpaired) electrons. The summed E-state index contributed by atoms with van der Waals surface area (Å²) in [6, 6.07) is 10.6. The van der Waals surface area contributed by atoms with Gasteiger partial charge >= 0.3 is 0 Å². The molecule has 1 nitrogen and oxygen atoms in total. The Labute approximate surface area is 96.2 Å². The SMILES string of the molecule is C[C@@H](CCSc1ccccc1)C[C@@H]1CO1. The van der Waals surface area contributed by atoms with Crippen molar-refractivity contribution in [3.8, 4) is 0 Å². The summed E-state index contributed by atoms with van der Waals surface area (Å²) in [5.41, 5.74) is 0. The van der Waals surface area contributed by atoms with Crippen molar-refractivity contribution in [1.29, 1.82) is 0 Å². The van der Waals surface area contributed by atoms with E-state index in [1.165, 1.54) is 23.5 Å². The van der Waals surface area contributed by atoms with Crippen LogP contribution in [0.2, 0.25) is 0 Å². The zero-order chi connectivity index (χ0) is 10.5. The van der Waals surface area contributed by atoms with Crippen molar-refractivity contribution < 1.29 is 4.74 Å². The van der Waals surface area contributed by atoms with Gasteiger partial charge in [-0.1, -0.05) is 25.1 Å². The molecular formula is C13H18OS. The summed E-state index contributed by atoms with van der Waals surface area (Å²) in [6.45, 7) is 3.32. The standard InChI is InChI=1S/C13H18OS/c1-11(9-12-10-14-12)7-8-15-13-5-3-2-4-6-13/h2-6,11-12H,7-10H2,1H3/t11-,12+/m0/s1. The molecule has 2 atom stereocenters. The summed E-state index contributed by atoms with van der Waals surface area (Å²) < 4.78 is 5.24. The molecule has 0 saturated carbocycles. The van der Waals surface area contributed by atoms with E-state index in [1.807, 2.05) is 11.8 Å². The van der Waals surface area contributed by atoms with Crippen LogP contribution in [0.5, 0.6) is 0 Å². The number of hydrogen-bond donors (Lipinski definition) is 0. The highest BCUT2D eigenvalue weighted by Crippen LogP contribution is 2.25. The fraction of sp³-hybridized carbons (Fsp3) is 0.538. The molecule has 0 bridgehead atoms. The molecule has 1 aliphatic rings. The second-order valence-electron chi connectivity index (χ2n) is 4.25. The quantitative estimate of drug-likeness (QED) is 0.538. The van der Waals surface area contributed by atoms with Gasteiger partial charge in [0.05, 0.1) is 12.7 Å². The van der Waals surface area contributed by atoms with Crippen LogP contribution in [0.25, 0.3) is 0 Å². The minimum absolute atomic E-state index is 0.585. The van der Waals surface area contributed by atoms with E-state index in [2.05, 4.69) is 37.3 Å². The van der Waals surface area contributed by atoms with Gasteiger partial charge in [-0.3, -0.25) is 0 Å². The second-order valence-corrected chi connectivity index (χ2v) is 5.41. The van der Waals surface area contributed by atoms with Gasteiger partial charge in [-0.05, 0) is 36.6 Å². The van der Waals surface area contributed by atoms with E-state index in [0.717, 1.165) is 12.5 Å². The van der Waals surface area contributed by atoms with Gasteiger partial charge in [0.1, 0.15) is 0 Å². The predicted octanol–water partition coefficient (Wildman–Crippen LogP) is 3.59. The molecular weight excluding hydrogens is 204 g/mol. The number of thioether (sulfide) groups is 1. The third-order valence-electron chi connectivity index (χ3n) is 2.69. The summed E-state index contributed by atoms with van der Waals surface area (Å²) in [5, 5.41) is 0. The van der Waals surface area contributed by atoms with E-state index in [4.69, 9.17) is 4.74 Å². The van der Waals surface area contributed by atoms with Gasteiger partial charge in [0, 0.05) is 4.90 Å². The normalized spacial score (nSPS) is 21.3. The average Bonchev–Trinajstić information content (AvgIpc) is 3.03. The van der Waals surface area contributed by atoms with Crippen molar-refractivity contribution in [3.63, 3.8) is 0 Å². The lowest BCUT2D eigenvalue weighted by Gasteiger charge is -2.08. The van der Waals surface area contributed by atoms with Crippen LogP contribution in [0.3, 0.4) is 0 Å². The van der Waals surface area contributed by atoms with Gasteiger partial charge < -0.3 is 4.74 Å². The first kappa shape index (κ1) is 11.0. The lowest BCUT2D eigenvalue weighted by atomic mass is 10.0. The van der Waals surface area contributed by atoms with Crippen LogP contribution in [0.4, 0.5) is 0 Å². The highest BCUT2D eigenvalue weighted by atomic mass is 32.2. The molecule has 1 fully saturated rings. The third kappa shape index (κ3) is 4.27. The zero-order valence-corrected chi connectivity index (χ0v) is 10.0. The molecule has 15 heavy (non-hydrogen) atoms. The molecule has 1 saturated heterocycles. The fourth-order valence-corrected chi connectivity index (χ4v) is 2.77. The van der Waals surface area contributed by atoms with E-state index < -0.39 is 0 Å². The molecule has 1 aliphatic heterocycles. The fourth-order valence-electron chi connectivity index (χ4n) is 1.67. The average molecular weight is 222 g/mol. The molecule has 0 aromatic heterocycles. The van der Waals surface area contributed by atoms with Crippen LogP contribution >= 0.6 is 11.8 Å². The van der Waals surface area contributed by atoms with Crippen molar-refractivity contribution in [3.05, 3.63) is 30.3 Å². The minimum atomic E-state index is 0.585. The molecule has 1 aromatic rings. The van der Waals surface area contributed by atoms with Crippen molar-refractivity contribution in [1.82, 2.24) is 0 Å². The molecule has 0 amide bonds. The monoisotopic (exact) mass is 222 g/mol. The largest absolute Gasteiger partial charge is 0.373 e. The van der Waals surface area contributed by atoms with Crippen molar-refractivity contribution >= 4 is 11.8 Å². The molecule has 0 N–H and O–H groups in total. The Morgan fingerprint density at radius 2 is 2.13 bits per heavy atom. The Hall–Kier alpha value is -0.470. The number of benzene rings is 1. The Balaban J connectivity index is 1.61. The Morgan fingerprint density at radius 1 is 1.40 bits per heavy atom. The molecule has 82 valence electrons. The maximum Gasteiger partial charge on any atom is 0.0812 e.